The smallest absolute Gasteiger partial charge is 0.270 e. The van der Waals surface area contributed by atoms with Crippen LogP contribution in [-0.4, -0.2) is 16.8 Å². The lowest BCUT2D eigenvalue weighted by molar-refractivity contribution is -0.384. The van der Waals surface area contributed by atoms with E-state index in [9.17, 15) is 24.8 Å². The number of amides is 1. The molecule has 0 aliphatic heterocycles. The summed E-state index contributed by atoms with van der Waals surface area (Å²) in [7, 11) is 0. The Bertz CT molecular complexity index is 823. The van der Waals surface area contributed by atoms with Crippen LogP contribution in [0.2, 0.25) is 10.0 Å². The van der Waals surface area contributed by atoms with E-state index in [2.05, 4.69) is 5.32 Å². The van der Waals surface area contributed by atoms with Gasteiger partial charge in [-0.05, 0) is 24.3 Å². The summed E-state index contributed by atoms with van der Waals surface area (Å²) in [6.07, 6.45) is 0. The largest absolute Gasteiger partial charge is 0.545 e. The Balaban J connectivity index is 2.40. The number of benzene rings is 2. The number of halogens is 2. The number of non-ortho nitro benzene ring substituents is 1. The number of nitrogens with one attached hydrogen (secondary N) is 1. The Hall–Kier alpha value is -2.64. The first-order valence-corrected chi connectivity index (χ1v) is 6.81. The van der Waals surface area contributed by atoms with Gasteiger partial charge >= 0.3 is 0 Å². The molecule has 0 atom stereocenters. The number of hydrogen-bond acceptors (Lipinski definition) is 5. The van der Waals surface area contributed by atoms with Gasteiger partial charge in [0.25, 0.3) is 11.6 Å². The zero-order valence-corrected chi connectivity index (χ0v) is 12.7. The van der Waals surface area contributed by atoms with Crippen LogP contribution >= 0.6 is 23.2 Å². The zero-order valence-electron chi connectivity index (χ0n) is 11.2. The molecule has 0 unspecified atom stereocenters. The first-order valence-electron chi connectivity index (χ1n) is 6.06. The van der Waals surface area contributed by atoms with E-state index < -0.39 is 33.6 Å². The summed E-state index contributed by atoms with van der Waals surface area (Å²) in [5.41, 5.74) is -1.03. The third kappa shape index (κ3) is 3.77. The maximum absolute atomic E-state index is 12.2. The van der Waals surface area contributed by atoms with Gasteiger partial charge in [-0.15, -0.1) is 0 Å². The van der Waals surface area contributed by atoms with Gasteiger partial charge in [-0.3, -0.25) is 14.9 Å². The molecule has 0 aromatic heterocycles. The summed E-state index contributed by atoms with van der Waals surface area (Å²) in [5.74, 6) is -2.48. The quantitative estimate of drug-likeness (QED) is 0.670. The molecule has 2 rings (SSSR count). The number of aromatic carboxylic acids is 1. The van der Waals surface area contributed by atoms with Crippen LogP contribution in [0.4, 0.5) is 11.4 Å². The number of carbonyl (C=O) groups is 2. The van der Waals surface area contributed by atoms with Crippen molar-refractivity contribution in [1.29, 1.82) is 0 Å². The van der Waals surface area contributed by atoms with E-state index in [1.807, 2.05) is 0 Å². The van der Waals surface area contributed by atoms with Crippen molar-refractivity contribution in [1.82, 2.24) is 0 Å². The molecule has 118 valence electrons. The monoisotopic (exact) mass is 353 g/mol. The molecule has 7 nitrogen and oxygen atoms in total. The second kappa shape index (κ2) is 6.64. The molecule has 0 fully saturated rings. The predicted octanol–water partition coefficient (Wildman–Crippen LogP) is 2.52. The molecule has 1 N–H and O–H groups in total. The van der Waals surface area contributed by atoms with E-state index in [1.54, 1.807) is 0 Å². The number of nitrogens with zero attached hydrogens (tertiary/aromatic N) is 1. The average molecular weight is 354 g/mol. The fraction of sp³-hybridized carbons (Fsp3) is 0. The van der Waals surface area contributed by atoms with E-state index in [1.165, 1.54) is 18.2 Å². The van der Waals surface area contributed by atoms with E-state index >= 15 is 0 Å². The average Bonchev–Trinajstić information content (AvgIpc) is 2.50. The minimum atomic E-state index is -1.63. The Kier molecular flexibility index (Phi) is 4.83. The Morgan fingerprint density at radius 2 is 1.70 bits per heavy atom. The summed E-state index contributed by atoms with van der Waals surface area (Å²) in [6.45, 7) is 0. The van der Waals surface area contributed by atoms with Crippen LogP contribution in [0, 0.1) is 10.1 Å². The third-order valence-electron chi connectivity index (χ3n) is 2.86. The van der Waals surface area contributed by atoms with Gasteiger partial charge in [0.1, 0.15) is 0 Å². The Morgan fingerprint density at radius 3 is 2.26 bits per heavy atom. The highest BCUT2D eigenvalue weighted by atomic mass is 35.5. The van der Waals surface area contributed by atoms with Crippen molar-refractivity contribution >= 4 is 46.5 Å². The topological polar surface area (TPSA) is 112 Å². The Morgan fingerprint density at radius 1 is 1.00 bits per heavy atom. The van der Waals surface area contributed by atoms with Crippen molar-refractivity contribution in [3.8, 4) is 0 Å². The SMILES string of the molecule is O=C([O-])c1ccc([N+](=O)[O-])cc1C(=O)Nc1ccc(Cl)c(Cl)c1. The third-order valence-corrected chi connectivity index (χ3v) is 3.60. The lowest BCUT2D eigenvalue weighted by Crippen LogP contribution is -2.26. The molecule has 0 saturated heterocycles. The standard InChI is InChI=1S/C14H8Cl2N2O5/c15-11-4-1-7(5-12(11)16)17-13(19)10-6-8(18(22)23)2-3-9(10)14(20)21/h1-6H,(H,17,19)(H,20,21)/p-1. The van der Waals surface area contributed by atoms with Crippen LogP contribution in [0.15, 0.2) is 36.4 Å². The number of nitro benzene ring substituents is 1. The normalized spacial score (nSPS) is 10.2. The van der Waals surface area contributed by atoms with Gasteiger partial charge in [0.15, 0.2) is 0 Å². The van der Waals surface area contributed by atoms with Crippen LogP contribution in [0.25, 0.3) is 0 Å². The minimum absolute atomic E-state index is 0.184. The van der Waals surface area contributed by atoms with E-state index in [-0.39, 0.29) is 15.7 Å². The van der Waals surface area contributed by atoms with Crippen LogP contribution < -0.4 is 10.4 Å². The predicted molar refractivity (Wildman–Crippen MR) is 81.8 cm³/mol. The number of hydrogen-bond donors (Lipinski definition) is 1. The lowest BCUT2D eigenvalue weighted by atomic mass is 10.1. The summed E-state index contributed by atoms with van der Waals surface area (Å²) in [5, 5.41) is 24.7. The summed E-state index contributed by atoms with van der Waals surface area (Å²) >= 11 is 11.6. The minimum Gasteiger partial charge on any atom is -0.545 e. The first kappa shape index (κ1) is 16.7. The van der Waals surface area contributed by atoms with Gasteiger partial charge in [0.2, 0.25) is 0 Å². The maximum Gasteiger partial charge on any atom is 0.270 e. The van der Waals surface area contributed by atoms with Gasteiger partial charge in [-0.2, -0.15) is 0 Å². The fourth-order valence-electron chi connectivity index (χ4n) is 1.78. The van der Waals surface area contributed by atoms with Gasteiger partial charge in [0.05, 0.1) is 26.5 Å². The first-order chi connectivity index (χ1) is 10.8. The molecule has 2 aromatic carbocycles. The molecule has 0 saturated carbocycles. The van der Waals surface area contributed by atoms with E-state index in [0.717, 1.165) is 18.2 Å². The molecule has 0 radical (unpaired) electrons. The number of carboxylic acids is 1. The molecular weight excluding hydrogens is 347 g/mol. The molecule has 2 aromatic rings. The molecule has 9 heteroatoms. The molecule has 0 bridgehead atoms. The van der Waals surface area contributed by atoms with Crippen LogP contribution in [0.5, 0.6) is 0 Å². The molecule has 0 aliphatic carbocycles. The van der Waals surface area contributed by atoms with Crippen LogP contribution in [0.1, 0.15) is 20.7 Å². The van der Waals surface area contributed by atoms with Gasteiger partial charge < -0.3 is 15.2 Å². The summed E-state index contributed by atoms with van der Waals surface area (Å²) < 4.78 is 0. The second-order valence-corrected chi connectivity index (χ2v) is 5.17. The van der Waals surface area contributed by atoms with E-state index in [4.69, 9.17) is 23.2 Å². The molecule has 0 heterocycles. The Labute approximate surface area is 139 Å². The van der Waals surface area contributed by atoms with Crippen molar-refractivity contribution in [2.75, 3.05) is 5.32 Å². The maximum atomic E-state index is 12.2. The van der Waals surface area contributed by atoms with Crippen molar-refractivity contribution in [2.24, 2.45) is 0 Å². The molecule has 0 aliphatic rings. The summed E-state index contributed by atoms with van der Waals surface area (Å²) in [4.78, 5) is 33.3. The van der Waals surface area contributed by atoms with Crippen molar-refractivity contribution in [2.45, 2.75) is 0 Å². The highest BCUT2D eigenvalue weighted by Crippen LogP contribution is 2.26. The molecule has 1 amide bonds. The number of carboxylic acid groups (broad SMARTS) is 1. The van der Waals surface area contributed by atoms with Crippen LogP contribution in [-0.2, 0) is 0 Å². The highest BCUT2D eigenvalue weighted by molar-refractivity contribution is 6.42. The van der Waals surface area contributed by atoms with Gasteiger partial charge in [-0.25, -0.2) is 0 Å². The number of carbonyl (C=O) groups excluding carboxylic acids is 2. The lowest BCUT2D eigenvalue weighted by Gasteiger charge is -2.11. The van der Waals surface area contributed by atoms with Crippen molar-refractivity contribution in [3.05, 3.63) is 67.7 Å². The van der Waals surface area contributed by atoms with E-state index in [0.29, 0.717) is 0 Å². The highest BCUT2D eigenvalue weighted by Gasteiger charge is 2.17. The second-order valence-electron chi connectivity index (χ2n) is 4.36. The van der Waals surface area contributed by atoms with Gasteiger partial charge in [0, 0.05) is 23.4 Å². The molecular formula is C14H7Cl2N2O5-. The van der Waals surface area contributed by atoms with Crippen molar-refractivity contribution < 1.29 is 19.6 Å². The summed E-state index contributed by atoms with van der Waals surface area (Å²) in [6, 6.07) is 7.02. The molecule has 0 spiro atoms. The van der Waals surface area contributed by atoms with Crippen molar-refractivity contribution in [3.63, 3.8) is 0 Å². The zero-order chi connectivity index (χ0) is 17.1. The number of rotatable bonds is 4. The molecule has 23 heavy (non-hydrogen) atoms. The number of anilines is 1. The van der Waals surface area contributed by atoms with Gasteiger partial charge in [-0.1, -0.05) is 23.2 Å². The number of nitro groups is 1. The van der Waals surface area contributed by atoms with Crippen LogP contribution in [0.3, 0.4) is 0 Å². The fourth-order valence-corrected chi connectivity index (χ4v) is 2.08.